The van der Waals surface area contributed by atoms with Crippen molar-refractivity contribution in [1.82, 2.24) is 20.9 Å². The van der Waals surface area contributed by atoms with Gasteiger partial charge in [0.25, 0.3) is 0 Å². The van der Waals surface area contributed by atoms with Gasteiger partial charge in [0.2, 0.25) is 5.91 Å². The van der Waals surface area contributed by atoms with Crippen LogP contribution < -0.4 is 16.0 Å². The van der Waals surface area contributed by atoms with Crippen LogP contribution in [0.2, 0.25) is 5.02 Å². The second-order valence-corrected chi connectivity index (χ2v) is 5.02. The summed E-state index contributed by atoms with van der Waals surface area (Å²) >= 11 is 5.78. The van der Waals surface area contributed by atoms with Crippen molar-refractivity contribution < 1.29 is 9.59 Å². The topological polar surface area (TPSA) is 73.5 Å². The van der Waals surface area contributed by atoms with E-state index in [1.165, 1.54) is 0 Å². The van der Waals surface area contributed by atoms with Crippen LogP contribution in [0.4, 0.5) is 4.79 Å². The first-order valence-corrected chi connectivity index (χ1v) is 7.05. The molecule has 1 aromatic carbocycles. The Morgan fingerprint density at radius 2 is 1.86 bits per heavy atom. The van der Waals surface area contributed by atoms with Crippen molar-refractivity contribution in [3.05, 3.63) is 34.9 Å². The molecule has 1 aromatic rings. The molecule has 3 amide bonds. The van der Waals surface area contributed by atoms with Crippen LogP contribution in [0.5, 0.6) is 0 Å². The Kier molecular flexibility index (Phi) is 7.56. The maximum atomic E-state index is 11.7. The third-order valence-corrected chi connectivity index (χ3v) is 3.14. The highest BCUT2D eigenvalue weighted by molar-refractivity contribution is 6.30. The number of likely N-dealkylation sites (N-methyl/N-ethyl adjacent to an activating group) is 2. The number of urea groups is 1. The maximum Gasteiger partial charge on any atom is 0.315 e. The largest absolute Gasteiger partial charge is 0.343 e. The van der Waals surface area contributed by atoms with Gasteiger partial charge in [-0.15, -0.1) is 0 Å². The van der Waals surface area contributed by atoms with Crippen LogP contribution in [0, 0.1) is 0 Å². The molecule has 0 aliphatic heterocycles. The zero-order chi connectivity index (χ0) is 15.7. The zero-order valence-electron chi connectivity index (χ0n) is 12.3. The number of carbonyl (C=O) groups is 2. The molecule has 0 bridgehead atoms. The van der Waals surface area contributed by atoms with E-state index in [-0.39, 0.29) is 18.5 Å². The minimum Gasteiger partial charge on any atom is -0.343 e. The summed E-state index contributed by atoms with van der Waals surface area (Å²) in [4.78, 5) is 24.9. The van der Waals surface area contributed by atoms with Gasteiger partial charge in [-0.3, -0.25) is 4.79 Å². The molecular formula is C14H21ClN4O2. The Balaban J connectivity index is 2.24. The summed E-state index contributed by atoms with van der Waals surface area (Å²) in [6.45, 7) is 1.67. The summed E-state index contributed by atoms with van der Waals surface area (Å²) in [5.41, 5.74) is 0.937. The van der Waals surface area contributed by atoms with Gasteiger partial charge in [0.15, 0.2) is 0 Å². The summed E-state index contributed by atoms with van der Waals surface area (Å²) in [5, 5.41) is 8.82. The number of rotatable bonds is 7. The Labute approximate surface area is 129 Å². The van der Waals surface area contributed by atoms with Gasteiger partial charge in [-0.05, 0) is 24.7 Å². The molecule has 0 saturated heterocycles. The lowest BCUT2D eigenvalue weighted by molar-refractivity contribution is -0.128. The molecule has 0 fully saturated rings. The Morgan fingerprint density at radius 1 is 1.19 bits per heavy atom. The van der Waals surface area contributed by atoms with E-state index in [9.17, 15) is 9.59 Å². The first kappa shape index (κ1) is 17.3. The van der Waals surface area contributed by atoms with Crippen LogP contribution in [0.25, 0.3) is 0 Å². The first-order chi connectivity index (χ1) is 10.0. The van der Waals surface area contributed by atoms with E-state index >= 15 is 0 Å². The van der Waals surface area contributed by atoms with Gasteiger partial charge in [-0.25, -0.2) is 4.79 Å². The first-order valence-electron chi connectivity index (χ1n) is 6.67. The fourth-order valence-electron chi connectivity index (χ4n) is 1.54. The molecule has 1 rings (SSSR count). The van der Waals surface area contributed by atoms with Gasteiger partial charge in [-0.1, -0.05) is 23.7 Å². The number of carbonyl (C=O) groups excluding carboxylic acids is 2. The fourth-order valence-corrected chi connectivity index (χ4v) is 1.67. The fraction of sp³-hybridized carbons (Fsp3) is 0.429. The molecule has 6 nitrogen and oxygen atoms in total. The molecule has 3 N–H and O–H groups in total. The van der Waals surface area contributed by atoms with E-state index in [4.69, 9.17) is 11.6 Å². The average Bonchev–Trinajstić information content (AvgIpc) is 2.49. The SMILES string of the molecule is CNCCN(C)C(=O)CNC(=O)NCc1ccc(Cl)cc1. The van der Waals surface area contributed by atoms with E-state index in [1.54, 1.807) is 24.1 Å². The summed E-state index contributed by atoms with van der Waals surface area (Å²) in [6.07, 6.45) is 0. The van der Waals surface area contributed by atoms with Crippen LogP contribution in [0.1, 0.15) is 5.56 Å². The predicted molar refractivity (Wildman–Crippen MR) is 83.3 cm³/mol. The van der Waals surface area contributed by atoms with Gasteiger partial charge in [0.05, 0.1) is 6.54 Å². The van der Waals surface area contributed by atoms with E-state index in [0.717, 1.165) is 5.56 Å². The standard InChI is InChI=1S/C14H21ClN4O2/c1-16-7-8-19(2)13(20)10-18-14(21)17-9-11-3-5-12(15)6-4-11/h3-6,16H,7-10H2,1-2H3,(H2,17,18,21). The number of amides is 3. The average molecular weight is 313 g/mol. The maximum absolute atomic E-state index is 11.7. The molecule has 0 unspecified atom stereocenters. The quantitative estimate of drug-likeness (QED) is 0.698. The van der Waals surface area contributed by atoms with E-state index in [1.807, 2.05) is 19.2 Å². The third kappa shape index (κ3) is 6.97. The minimum absolute atomic E-state index is 0.0212. The molecular weight excluding hydrogens is 292 g/mol. The van der Waals surface area contributed by atoms with Gasteiger partial charge >= 0.3 is 6.03 Å². The molecule has 7 heteroatoms. The van der Waals surface area contributed by atoms with Gasteiger partial charge < -0.3 is 20.9 Å². The highest BCUT2D eigenvalue weighted by atomic mass is 35.5. The molecule has 0 spiro atoms. The van der Waals surface area contributed by atoms with Crippen molar-refractivity contribution in [2.75, 3.05) is 33.7 Å². The summed E-state index contributed by atoms with van der Waals surface area (Å²) in [7, 11) is 3.52. The van der Waals surface area contributed by atoms with Crippen molar-refractivity contribution >= 4 is 23.5 Å². The van der Waals surface area contributed by atoms with Gasteiger partial charge in [0.1, 0.15) is 0 Å². The second kappa shape index (κ2) is 9.20. The Hall–Kier alpha value is -1.79. The minimum atomic E-state index is -0.375. The highest BCUT2D eigenvalue weighted by Gasteiger charge is 2.09. The van der Waals surface area contributed by atoms with E-state index < -0.39 is 0 Å². The lowest BCUT2D eigenvalue weighted by Gasteiger charge is -2.17. The molecule has 0 aliphatic carbocycles. The molecule has 0 saturated carbocycles. The Bertz CT molecular complexity index is 465. The molecule has 0 atom stereocenters. The van der Waals surface area contributed by atoms with Crippen LogP contribution in [0.3, 0.4) is 0 Å². The lowest BCUT2D eigenvalue weighted by atomic mass is 10.2. The smallest absolute Gasteiger partial charge is 0.315 e. The number of nitrogens with zero attached hydrogens (tertiary/aromatic N) is 1. The number of halogens is 1. The molecule has 0 heterocycles. The Morgan fingerprint density at radius 3 is 2.48 bits per heavy atom. The van der Waals surface area contributed by atoms with Crippen molar-refractivity contribution in [1.29, 1.82) is 0 Å². The van der Waals surface area contributed by atoms with Crippen LogP contribution in [-0.4, -0.2) is 50.6 Å². The number of benzene rings is 1. The van der Waals surface area contributed by atoms with E-state index in [2.05, 4.69) is 16.0 Å². The van der Waals surface area contributed by atoms with Gasteiger partial charge in [0, 0.05) is 31.7 Å². The second-order valence-electron chi connectivity index (χ2n) is 4.58. The predicted octanol–water partition coefficient (Wildman–Crippen LogP) is 0.817. The molecule has 116 valence electrons. The van der Waals surface area contributed by atoms with Crippen molar-refractivity contribution in [3.63, 3.8) is 0 Å². The number of hydrogen-bond donors (Lipinski definition) is 3. The highest BCUT2D eigenvalue weighted by Crippen LogP contribution is 2.08. The summed E-state index contributed by atoms with van der Waals surface area (Å²) < 4.78 is 0. The summed E-state index contributed by atoms with van der Waals surface area (Å²) in [5.74, 6) is -0.133. The number of nitrogens with one attached hydrogen (secondary N) is 3. The molecule has 0 aliphatic rings. The normalized spacial score (nSPS) is 10.0. The zero-order valence-corrected chi connectivity index (χ0v) is 13.0. The van der Waals surface area contributed by atoms with Crippen LogP contribution >= 0.6 is 11.6 Å². The van der Waals surface area contributed by atoms with Crippen LogP contribution in [0.15, 0.2) is 24.3 Å². The van der Waals surface area contributed by atoms with E-state index in [0.29, 0.717) is 24.7 Å². The lowest BCUT2D eigenvalue weighted by Crippen LogP contribution is -2.43. The summed E-state index contributed by atoms with van der Waals surface area (Å²) in [6, 6.07) is 6.81. The third-order valence-electron chi connectivity index (χ3n) is 2.89. The molecule has 21 heavy (non-hydrogen) atoms. The van der Waals surface area contributed by atoms with Crippen molar-refractivity contribution in [2.24, 2.45) is 0 Å². The number of hydrogen-bond acceptors (Lipinski definition) is 3. The van der Waals surface area contributed by atoms with Crippen molar-refractivity contribution in [3.8, 4) is 0 Å². The molecule has 0 aromatic heterocycles. The van der Waals surface area contributed by atoms with Gasteiger partial charge in [-0.2, -0.15) is 0 Å². The van der Waals surface area contributed by atoms with Crippen LogP contribution in [-0.2, 0) is 11.3 Å². The monoisotopic (exact) mass is 312 g/mol. The molecule has 0 radical (unpaired) electrons. The van der Waals surface area contributed by atoms with Crippen molar-refractivity contribution in [2.45, 2.75) is 6.54 Å².